The first-order valence-electron chi connectivity index (χ1n) is 8.76. The Morgan fingerprint density at radius 1 is 1.27 bits per heavy atom. The summed E-state index contributed by atoms with van der Waals surface area (Å²) in [7, 11) is 0. The molecule has 1 aromatic heterocycles. The van der Waals surface area contributed by atoms with Crippen LogP contribution in [0.25, 0.3) is 16.1 Å². The third-order valence-electron chi connectivity index (χ3n) is 5.05. The van der Waals surface area contributed by atoms with Gasteiger partial charge in [0.05, 0.1) is 5.56 Å². The first-order valence-corrected chi connectivity index (χ1v) is 8.76. The zero-order valence-electron chi connectivity index (χ0n) is 15.0. The zero-order chi connectivity index (χ0) is 18.7. The Labute approximate surface area is 151 Å². The highest BCUT2D eigenvalue weighted by atomic mass is 19.1. The van der Waals surface area contributed by atoms with E-state index in [1.807, 2.05) is 29.4 Å². The second kappa shape index (κ2) is 7.62. The van der Waals surface area contributed by atoms with Crippen molar-refractivity contribution in [3.63, 3.8) is 0 Å². The number of azide groups is 1. The smallest absolute Gasteiger partial charge is 0.255 e. The molecule has 1 aliphatic rings. The van der Waals surface area contributed by atoms with Gasteiger partial charge < -0.3 is 9.47 Å². The molecule has 0 unspecified atom stereocenters. The molecule has 0 spiro atoms. The first-order chi connectivity index (χ1) is 12.5. The van der Waals surface area contributed by atoms with Gasteiger partial charge in [0.1, 0.15) is 5.82 Å². The number of carbonyl (C=O) groups is 1. The van der Waals surface area contributed by atoms with Crippen molar-refractivity contribution in [3.05, 3.63) is 63.5 Å². The van der Waals surface area contributed by atoms with E-state index in [9.17, 15) is 9.18 Å². The average Bonchev–Trinajstić information content (AvgIpc) is 2.95. The van der Waals surface area contributed by atoms with Crippen LogP contribution < -0.4 is 0 Å². The van der Waals surface area contributed by atoms with Gasteiger partial charge in [-0.15, -0.1) is 0 Å². The van der Waals surface area contributed by atoms with Crippen LogP contribution >= 0.6 is 0 Å². The molecule has 3 rings (SSSR count). The van der Waals surface area contributed by atoms with Gasteiger partial charge in [-0.2, -0.15) is 0 Å². The largest absolute Gasteiger partial charge is 0.339 e. The molecule has 0 aliphatic carbocycles. The second-order valence-corrected chi connectivity index (χ2v) is 6.75. The van der Waals surface area contributed by atoms with Gasteiger partial charge in [-0.25, -0.2) is 4.39 Å². The van der Waals surface area contributed by atoms with Crippen LogP contribution in [0.3, 0.4) is 0 Å². The molecule has 1 aromatic carbocycles. The van der Waals surface area contributed by atoms with Gasteiger partial charge in [0.2, 0.25) is 0 Å². The minimum Gasteiger partial charge on any atom is -0.339 e. The van der Waals surface area contributed by atoms with E-state index in [4.69, 9.17) is 5.53 Å². The predicted octanol–water partition coefficient (Wildman–Crippen LogP) is 4.40. The number of benzene rings is 1. The molecule has 1 fully saturated rings. The van der Waals surface area contributed by atoms with Crippen molar-refractivity contribution in [2.75, 3.05) is 19.6 Å². The summed E-state index contributed by atoms with van der Waals surface area (Å²) in [6, 6.07) is 8.16. The van der Waals surface area contributed by atoms with E-state index in [1.165, 1.54) is 12.1 Å². The summed E-state index contributed by atoms with van der Waals surface area (Å²) in [5, 5.41) is 3.64. The van der Waals surface area contributed by atoms with Gasteiger partial charge in [0.25, 0.3) is 5.91 Å². The lowest BCUT2D eigenvalue weighted by Gasteiger charge is -2.31. The zero-order valence-corrected chi connectivity index (χ0v) is 15.0. The number of aryl methyl sites for hydroxylation is 1. The Morgan fingerprint density at radius 3 is 2.54 bits per heavy atom. The molecule has 26 heavy (non-hydrogen) atoms. The Morgan fingerprint density at radius 2 is 1.92 bits per heavy atom. The van der Waals surface area contributed by atoms with Gasteiger partial charge >= 0.3 is 0 Å². The van der Waals surface area contributed by atoms with E-state index in [2.05, 4.69) is 10.0 Å². The van der Waals surface area contributed by atoms with Gasteiger partial charge in [0.15, 0.2) is 0 Å². The molecule has 0 saturated carbocycles. The molecule has 1 amide bonds. The maximum absolute atomic E-state index is 13.2. The summed E-state index contributed by atoms with van der Waals surface area (Å²) in [5.41, 5.74) is 11.7. The predicted molar refractivity (Wildman–Crippen MR) is 97.8 cm³/mol. The maximum atomic E-state index is 13.2. The minimum atomic E-state index is -0.281. The fourth-order valence-electron chi connectivity index (χ4n) is 3.61. The molecular formula is C19H22FN5O. The van der Waals surface area contributed by atoms with Crippen LogP contribution in [0, 0.1) is 25.6 Å². The topological polar surface area (TPSA) is 74.0 Å². The summed E-state index contributed by atoms with van der Waals surface area (Å²) >= 11 is 0. The SMILES string of the molecule is Cc1cc(C(=O)N2CCC(CN=[N+]=[N-])CC2)c(C)n1-c1ccc(F)cc1. The van der Waals surface area contributed by atoms with Crippen LogP contribution in [0.5, 0.6) is 0 Å². The van der Waals surface area contributed by atoms with Crippen molar-refractivity contribution in [2.24, 2.45) is 11.0 Å². The number of rotatable bonds is 4. The van der Waals surface area contributed by atoms with Gasteiger partial charge in [-0.05, 0) is 68.5 Å². The Kier molecular flexibility index (Phi) is 5.28. The highest BCUT2D eigenvalue weighted by Crippen LogP contribution is 2.25. The van der Waals surface area contributed by atoms with Crippen LogP contribution in [0.4, 0.5) is 4.39 Å². The number of piperidine rings is 1. The first kappa shape index (κ1) is 18.0. The van der Waals surface area contributed by atoms with Crippen LogP contribution in [0.15, 0.2) is 35.4 Å². The molecular weight excluding hydrogens is 333 g/mol. The van der Waals surface area contributed by atoms with Crippen LogP contribution in [-0.2, 0) is 0 Å². The third-order valence-corrected chi connectivity index (χ3v) is 5.05. The lowest BCUT2D eigenvalue weighted by molar-refractivity contribution is 0.0693. The van der Waals surface area contributed by atoms with Crippen molar-refractivity contribution in [3.8, 4) is 5.69 Å². The maximum Gasteiger partial charge on any atom is 0.255 e. The van der Waals surface area contributed by atoms with Crippen molar-refractivity contribution in [1.82, 2.24) is 9.47 Å². The van der Waals surface area contributed by atoms with Crippen molar-refractivity contribution < 1.29 is 9.18 Å². The number of halogens is 1. The van der Waals surface area contributed by atoms with E-state index in [1.54, 1.807) is 12.1 Å². The highest BCUT2D eigenvalue weighted by Gasteiger charge is 2.26. The quantitative estimate of drug-likeness (QED) is 0.455. The van der Waals surface area contributed by atoms with E-state index in [-0.39, 0.29) is 11.7 Å². The number of hydrogen-bond donors (Lipinski definition) is 0. The monoisotopic (exact) mass is 355 g/mol. The van der Waals surface area contributed by atoms with Crippen LogP contribution in [0.2, 0.25) is 0 Å². The Bertz CT molecular complexity index is 844. The number of hydrogen-bond acceptors (Lipinski definition) is 2. The molecule has 0 atom stereocenters. The Hall–Kier alpha value is -2.79. The summed E-state index contributed by atoms with van der Waals surface area (Å²) in [6.07, 6.45) is 1.70. The summed E-state index contributed by atoms with van der Waals surface area (Å²) in [5.74, 6) is 0.0893. The molecule has 2 heterocycles. The lowest BCUT2D eigenvalue weighted by Crippen LogP contribution is -2.39. The fraction of sp³-hybridized carbons (Fsp3) is 0.421. The molecule has 6 nitrogen and oxygen atoms in total. The Balaban J connectivity index is 1.78. The average molecular weight is 355 g/mol. The number of aromatic nitrogens is 1. The number of amides is 1. The lowest BCUT2D eigenvalue weighted by atomic mass is 9.96. The molecule has 0 bridgehead atoms. The van der Waals surface area contributed by atoms with Crippen molar-refractivity contribution in [2.45, 2.75) is 26.7 Å². The normalized spacial score (nSPS) is 15.0. The van der Waals surface area contributed by atoms with Crippen molar-refractivity contribution in [1.29, 1.82) is 0 Å². The fourth-order valence-corrected chi connectivity index (χ4v) is 3.61. The molecule has 2 aromatic rings. The van der Waals surface area contributed by atoms with E-state index < -0.39 is 0 Å². The molecule has 136 valence electrons. The molecule has 1 aliphatic heterocycles. The molecule has 0 N–H and O–H groups in total. The summed E-state index contributed by atoms with van der Waals surface area (Å²) in [4.78, 5) is 17.6. The molecule has 0 radical (unpaired) electrons. The van der Waals surface area contributed by atoms with E-state index in [0.717, 1.165) is 29.9 Å². The number of likely N-dealkylation sites (tertiary alicyclic amines) is 1. The third kappa shape index (κ3) is 3.58. The highest BCUT2D eigenvalue weighted by molar-refractivity contribution is 5.96. The number of nitrogens with zero attached hydrogens (tertiary/aromatic N) is 5. The van der Waals surface area contributed by atoms with E-state index >= 15 is 0 Å². The van der Waals surface area contributed by atoms with Gasteiger partial charge in [-0.1, -0.05) is 5.11 Å². The van der Waals surface area contributed by atoms with Crippen LogP contribution in [0.1, 0.15) is 34.6 Å². The van der Waals surface area contributed by atoms with E-state index in [0.29, 0.717) is 31.1 Å². The molecule has 7 heteroatoms. The van der Waals surface area contributed by atoms with Gasteiger partial charge in [0, 0.05) is 41.6 Å². The van der Waals surface area contributed by atoms with Crippen LogP contribution in [-0.4, -0.2) is 35.0 Å². The standard InChI is InChI=1S/C19H22FN5O/c1-13-11-18(14(2)25(13)17-5-3-16(20)4-6-17)19(26)24-9-7-15(8-10-24)12-22-23-21/h3-6,11,15H,7-10,12H2,1-2H3. The molecule has 1 saturated heterocycles. The summed E-state index contributed by atoms with van der Waals surface area (Å²) in [6.45, 7) is 5.70. The van der Waals surface area contributed by atoms with Gasteiger partial charge in [-0.3, -0.25) is 4.79 Å². The number of carbonyl (C=O) groups excluding carboxylic acids is 1. The van der Waals surface area contributed by atoms with Crippen molar-refractivity contribution >= 4 is 5.91 Å². The second-order valence-electron chi connectivity index (χ2n) is 6.75. The minimum absolute atomic E-state index is 0.0219. The summed E-state index contributed by atoms with van der Waals surface area (Å²) < 4.78 is 15.2.